The van der Waals surface area contributed by atoms with Crippen LogP contribution >= 0.6 is 0 Å². The monoisotopic (exact) mass is 400 g/mol. The molecule has 0 bridgehead atoms. The molecule has 3 amide bonds. The van der Waals surface area contributed by atoms with E-state index < -0.39 is 17.5 Å². The summed E-state index contributed by atoms with van der Waals surface area (Å²) >= 11 is 0. The summed E-state index contributed by atoms with van der Waals surface area (Å²) in [7, 11) is 0. The first kappa shape index (κ1) is 19.8. The van der Waals surface area contributed by atoms with Gasteiger partial charge >= 0.3 is 6.03 Å². The van der Waals surface area contributed by atoms with Crippen LogP contribution in [0.5, 0.6) is 0 Å². The van der Waals surface area contributed by atoms with E-state index in [-0.39, 0.29) is 12.3 Å². The summed E-state index contributed by atoms with van der Waals surface area (Å²) in [5.74, 6) is -0.667. The van der Waals surface area contributed by atoms with Gasteiger partial charge in [0, 0.05) is 5.56 Å². The smallest absolute Gasteiger partial charge is 0.319 e. The van der Waals surface area contributed by atoms with Gasteiger partial charge in [-0.25, -0.2) is 4.79 Å². The van der Waals surface area contributed by atoms with Crippen LogP contribution in [0.3, 0.4) is 0 Å². The molecule has 5 heteroatoms. The van der Waals surface area contributed by atoms with E-state index in [1.54, 1.807) is 6.92 Å². The molecule has 1 aliphatic heterocycles. The van der Waals surface area contributed by atoms with Gasteiger partial charge in [0.2, 0.25) is 0 Å². The maximum Gasteiger partial charge on any atom is 0.325 e. The maximum atomic E-state index is 13.3. The van der Waals surface area contributed by atoms with Gasteiger partial charge in [0.05, 0.1) is 6.54 Å². The van der Waals surface area contributed by atoms with Crippen LogP contribution in [0.15, 0.2) is 54.6 Å². The summed E-state index contributed by atoms with van der Waals surface area (Å²) in [6.07, 6.45) is 0. The number of imide groups is 1. The number of hydrogen-bond acceptors (Lipinski definition) is 3. The second-order valence-corrected chi connectivity index (χ2v) is 8.15. The first-order valence-corrected chi connectivity index (χ1v) is 9.96. The van der Waals surface area contributed by atoms with Crippen molar-refractivity contribution in [1.82, 2.24) is 10.2 Å². The van der Waals surface area contributed by atoms with E-state index >= 15 is 0 Å². The number of Topliss-reactive ketones (excluding diaryl/α,β-unsaturated/α-hetero) is 1. The number of urea groups is 1. The highest BCUT2D eigenvalue weighted by Gasteiger charge is 2.50. The Labute approximate surface area is 175 Å². The van der Waals surface area contributed by atoms with Gasteiger partial charge in [-0.3, -0.25) is 14.5 Å². The number of carbonyl (C=O) groups is 3. The Kier molecular flexibility index (Phi) is 4.69. The van der Waals surface area contributed by atoms with Crippen LogP contribution in [0.2, 0.25) is 0 Å². The van der Waals surface area contributed by atoms with E-state index in [0.29, 0.717) is 5.56 Å². The largest absolute Gasteiger partial charge is 0.325 e. The van der Waals surface area contributed by atoms with Crippen molar-refractivity contribution in [2.75, 3.05) is 6.54 Å². The number of nitrogens with one attached hydrogen (secondary N) is 1. The second kappa shape index (κ2) is 7.10. The molecule has 0 spiro atoms. The third kappa shape index (κ3) is 3.07. The Hall–Kier alpha value is -3.47. The molecule has 1 N–H and O–H groups in total. The fourth-order valence-electron chi connectivity index (χ4n) is 4.17. The molecule has 0 unspecified atom stereocenters. The summed E-state index contributed by atoms with van der Waals surface area (Å²) < 4.78 is 0. The Morgan fingerprint density at radius 3 is 2.37 bits per heavy atom. The molecule has 1 fully saturated rings. The van der Waals surface area contributed by atoms with Crippen LogP contribution in [-0.4, -0.2) is 29.2 Å². The topological polar surface area (TPSA) is 66.5 Å². The highest BCUT2D eigenvalue weighted by molar-refractivity contribution is 6.12. The van der Waals surface area contributed by atoms with Gasteiger partial charge in [0.15, 0.2) is 5.78 Å². The summed E-state index contributed by atoms with van der Waals surface area (Å²) in [6, 6.07) is 16.6. The molecule has 4 rings (SSSR count). The standard InChI is InChI=1S/C25H24N2O3/c1-15-12-17(3)20(13-16(15)2)22(28)14-27-23(29)25(4,26-24(27)30)21-11-7-9-18-8-5-6-10-19(18)21/h5-13H,14H2,1-4H3,(H,26,30)/t25-/m0/s1. The second-order valence-electron chi connectivity index (χ2n) is 8.15. The van der Waals surface area contributed by atoms with Crippen molar-refractivity contribution in [2.24, 2.45) is 0 Å². The Bertz CT molecular complexity index is 1210. The highest BCUT2D eigenvalue weighted by atomic mass is 16.2. The van der Waals surface area contributed by atoms with Crippen LogP contribution < -0.4 is 5.32 Å². The lowest BCUT2D eigenvalue weighted by molar-refractivity contribution is -0.130. The molecular formula is C25H24N2O3. The predicted octanol–water partition coefficient (Wildman–Crippen LogP) is 4.41. The van der Waals surface area contributed by atoms with Crippen molar-refractivity contribution >= 4 is 28.5 Å². The number of carbonyl (C=O) groups excluding carboxylic acids is 3. The molecule has 0 saturated carbocycles. The van der Waals surface area contributed by atoms with Gasteiger partial charge in [-0.05, 0) is 66.8 Å². The lowest BCUT2D eigenvalue weighted by Gasteiger charge is -2.24. The summed E-state index contributed by atoms with van der Waals surface area (Å²) in [5.41, 5.74) is 2.97. The van der Waals surface area contributed by atoms with Crippen LogP contribution in [0.1, 0.15) is 39.5 Å². The van der Waals surface area contributed by atoms with Crippen molar-refractivity contribution in [3.8, 4) is 0 Å². The summed E-state index contributed by atoms with van der Waals surface area (Å²) in [4.78, 5) is 40.1. The van der Waals surface area contributed by atoms with Gasteiger partial charge in [0.25, 0.3) is 5.91 Å². The lowest BCUT2D eigenvalue weighted by Crippen LogP contribution is -2.41. The molecule has 30 heavy (non-hydrogen) atoms. The average Bonchev–Trinajstić information content (AvgIpc) is 2.94. The number of ketones is 1. The number of rotatable bonds is 4. The minimum Gasteiger partial charge on any atom is -0.319 e. The van der Waals surface area contributed by atoms with Crippen LogP contribution in [-0.2, 0) is 10.3 Å². The van der Waals surface area contributed by atoms with Crippen LogP contribution in [0, 0.1) is 20.8 Å². The SMILES string of the molecule is Cc1cc(C)c(C(=O)CN2C(=O)N[C@@](C)(c3cccc4ccccc34)C2=O)cc1C. The Morgan fingerprint density at radius 1 is 0.933 bits per heavy atom. The molecule has 1 atom stereocenters. The molecule has 0 radical (unpaired) electrons. The fourth-order valence-corrected chi connectivity index (χ4v) is 4.17. The number of benzene rings is 3. The van der Waals surface area contributed by atoms with Gasteiger partial charge in [-0.2, -0.15) is 0 Å². The number of nitrogens with zero attached hydrogens (tertiary/aromatic N) is 1. The molecule has 3 aromatic carbocycles. The van der Waals surface area contributed by atoms with E-state index in [1.807, 2.05) is 75.4 Å². The Morgan fingerprint density at radius 2 is 1.60 bits per heavy atom. The maximum absolute atomic E-state index is 13.3. The van der Waals surface area contributed by atoms with Crippen LogP contribution in [0.4, 0.5) is 4.79 Å². The first-order valence-electron chi connectivity index (χ1n) is 9.96. The van der Waals surface area contributed by atoms with E-state index in [9.17, 15) is 14.4 Å². The normalized spacial score (nSPS) is 18.7. The number of fused-ring (bicyclic) bond motifs is 1. The van der Waals surface area contributed by atoms with Crippen molar-refractivity contribution < 1.29 is 14.4 Å². The summed E-state index contributed by atoms with van der Waals surface area (Å²) in [5, 5.41) is 4.70. The average molecular weight is 400 g/mol. The zero-order valence-corrected chi connectivity index (χ0v) is 17.6. The zero-order chi connectivity index (χ0) is 21.6. The number of hydrogen-bond donors (Lipinski definition) is 1. The van der Waals surface area contributed by atoms with Crippen molar-refractivity contribution in [3.63, 3.8) is 0 Å². The van der Waals surface area contributed by atoms with Crippen LogP contribution in [0.25, 0.3) is 10.8 Å². The minimum absolute atomic E-state index is 0.249. The number of aryl methyl sites for hydroxylation is 3. The van der Waals surface area contributed by atoms with Crippen molar-refractivity contribution in [1.29, 1.82) is 0 Å². The molecule has 152 valence electrons. The van der Waals surface area contributed by atoms with Gasteiger partial charge in [-0.1, -0.05) is 48.5 Å². The quantitative estimate of drug-likeness (QED) is 0.521. The van der Waals surface area contributed by atoms with E-state index in [4.69, 9.17) is 0 Å². The molecule has 1 saturated heterocycles. The van der Waals surface area contributed by atoms with E-state index in [2.05, 4.69) is 5.32 Å². The van der Waals surface area contributed by atoms with Gasteiger partial charge < -0.3 is 5.32 Å². The van der Waals surface area contributed by atoms with E-state index in [0.717, 1.165) is 37.9 Å². The van der Waals surface area contributed by atoms with Crippen molar-refractivity contribution in [3.05, 3.63) is 82.4 Å². The summed E-state index contributed by atoms with van der Waals surface area (Å²) in [6.45, 7) is 7.21. The Balaban J connectivity index is 1.68. The third-order valence-electron chi connectivity index (χ3n) is 6.05. The first-order chi connectivity index (χ1) is 14.2. The van der Waals surface area contributed by atoms with Crippen molar-refractivity contribution in [2.45, 2.75) is 33.2 Å². The van der Waals surface area contributed by atoms with Gasteiger partial charge in [0.1, 0.15) is 5.54 Å². The molecule has 0 aliphatic carbocycles. The molecular weight excluding hydrogens is 376 g/mol. The molecule has 0 aromatic heterocycles. The fraction of sp³-hybridized carbons (Fsp3) is 0.240. The highest BCUT2D eigenvalue weighted by Crippen LogP contribution is 2.34. The van der Waals surface area contributed by atoms with Gasteiger partial charge in [-0.15, -0.1) is 0 Å². The molecule has 5 nitrogen and oxygen atoms in total. The predicted molar refractivity (Wildman–Crippen MR) is 117 cm³/mol. The number of amides is 3. The third-order valence-corrected chi connectivity index (χ3v) is 6.05. The lowest BCUT2D eigenvalue weighted by atomic mass is 9.87. The minimum atomic E-state index is -1.23. The van der Waals surface area contributed by atoms with E-state index in [1.165, 1.54) is 0 Å². The molecule has 1 heterocycles. The molecule has 3 aromatic rings. The zero-order valence-electron chi connectivity index (χ0n) is 17.6. The molecule has 1 aliphatic rings.